The highest BCUT2D eigenvalue weighted by molar-refractivity contribution is 6.32. The second-order valence-electron chi connectivity index (χ2n) is 5.55. The molecule has 0 bridgehead atoms. The minimum absolute atomic E-state index is 0.0543. The van der Waals surface area contributed by atoms with Gasteiger partial charge in [-0.05, 0) is 23.8 Å². The molecule has 0 N–H and O–H groups in total. The van der Waals surface area contributed by atoms with Crippen LogP contribution in [0.3, 0.4) is 0 Å². The number of benzene rings is 2. The fraction of sp³-hybridized carbons (Fsp3) is 0.222. The molecule has 2 aromatic carbocycles. The van der Waals surface area contributed by atoms with Crippen LogP contribution in [0, 0.1) is 0 Å². The highest BCUT2D eigenvalue weighted by Crippen LogP contribution is 2.22. The summed E-state index contributed by atoms with van der Waals surface area (Å²) in [5.41, 5.74) is 2.70. The number of fused-ring (bicyclic) bond motifs is 2. The molecule has 0 amide bonds. The zero-order valence-corrected chi connectivity index (χ0v) is 13.2. The van der Waals surface area contributed by atoms with Gasteiger partial charge in [-0.1, -0.05) is 36.9 Å². The van der Waals surface area contributed by atoms with Crippen molar-refractivity contribution in [2.45, 2.75) is 19.6 Å². The molecule has 0 spiro atoms. The van der Waals surface area contributed by atoms with Crippen LogP contribution in [0.4, 0.5) is 0 Å². The number of esters is 1. The highest BCUT2D eigenvalue weighted by atomic mass is 16.5. The van der Waals surface area contributed by atoms with Crippen LogP contribution in [0.2, 0.25) is 6.82 Å². The zero-order valence-electron chi connectivity index (χ0n) is 13.2. The minimum Gasteiger partial charge on any atom is -0.469 e. The lowest BCUT2D eigenvalue weighted by Gasteiger charge is -2.07. The molecule has 1 heterocycles. The smallest absolute Gasteiger partial charge is 0.310 e. The fourth-order valence-corrected chi connectivity index (χ4v) is 2.84. The number of hydrogen-bond acceptors (Lipinski definition) is 4. The van der Waals surface area contributed by atoms with E-state index in [1.807, 2.05) is 18.2 Å². The standard InChI is InChI=1S/C18H17BO4/c1-19-10-11-6-7-14-13(8-11)18(21)17-12(9-16(20)22-2)4-3-5-15(17)23-14/h3-8,19H,9-10H2,1-2H3. The molecular weight excluding hydrogens is 291 g/mol. The molecule has 0 aliphatic carbocycles. The van der Waals surface area contributed by atoms with E-state index in [-0.39, 0.29) is 17.8 Å². The first-order chi connectivity index (χ1) is 11.1. The van der Waals surface area contributed by atoms with Crippen molar-refractivity contribution in [1.29, 1.82) is 0 Å². The third kappa shape index (κ3) is 2.87. The molecular formula is C18H17BO4. The van der Waals surface area contributed by atoms with Gasteiger partial charge in [0.15, 0.2) is 0 Å². The summed E-state index contributed by atoms with van der Waals surface area (Å²) in [5, 5.41) is 1.01. The Balaban J connectivity index is 2.28. The van der Waals surface area contributed by atoms with Crippen molar-refractivity contribution >= 4 is 35.2 Å². The van der Waals surface area contributed by atoms with Gasteiger partial charge in [0.1, 0.15) is 18.4 Å². The van der Waals surface area contributed by atoms with Crippen molar-refractivity contribution in [3.63, 3.8) is 0 Å². The summed E-state index contributed by atoms with van der Waals surface area (Å²) in [4.78, 5) is 24.5. The van der Waals surface area contributed by atoms with Crippen LogP contribution in [-0.2, 0) is 22.3 Å². The summed E-state index contributed by atoms with van der Waals surface area (Å²) < 4.78 is 10.6. The third-order valence-corrected chi connectivity index (χ3v) is 3.95. The van der Waals surface area contributed by atoms with E-state index < -0.39 is 0 Å². The molecule has 0 aliphatic rings. The van der Waals surface area contributed by atoms with E-state index in [2.05, 4.69) is 6.82 Å². The molecule has 0 saturated heterocycles. The van der Waals surface area contributed by atoms with E-state index >= 15 is 0 Å². The number of carbonyl (C=O) groups excluding carboxylic acids is 1. The van der Waals surface area contributed by atoms with Crippen molar-refractivity contribution in [2.75, 3.05) is 7.11 Å². The first-order valence-electron chi connectivity index (χ1n) is 7.68. The van der Waals surface area contributed by atoms with E-state index in [1.54, 1.807) is 18.2 Å². The second-order valence-corrected chi connectivity index (χ2v) is 5.55. The molecule has 0 unspecified atom stereocenters. The minimum atomic E-state index is -0.378. The molecule has 0 saturated carbocycles. The summed E-state index contributed by atoms with van der Waals surface area (Å²) in [6.07, 6.45) is 0.968. The number of rotatable bonds is 4. The van der Waals surface area contributed by atoms with Crippen molar-refractivity contribution in [3.8, 4) is 0 Å². The highest BCUT2D eigenvalue weighted by Gasteiger charge is 2.14. The molecule has 23 heavy (non-hydrogen) atoms. The van der Waals surface area contributed by atoms with E-state index in [4.69, 9.17) is 9.15 Å². The largest absolute Gasteiger partial charge is 0.469 e. The molecule has 5 heteroatoms. The van der Waals surface area contributed by atoms with Crippen LogP contribution in [0.1, 0.15) is 11.1 Å². The fourth-order valence-electron chi connectivity index (χ4n) is 2.84. The SMILES string of the molecule is CBCc1ccc2oc3cccc(CC(=O)OC)c3c(=O)c2c1. The Morgan fingerprint density at radius 3 is 2.78 bits per heavy atom. The summed E-state index contributed by atoms with van der Waals surface area (Å²) in [6.45, 7) is 2.10. The van der Waals surface area contributed by atoms with Gasteiger partial charge < -0.3 is 9.15 Å². The van der Waals surface area contributed by atoms with Crippen LogP contribution in [0.5, 0.6) is 0 Å². The third-order valence-electron chi connectivity index (χ3n) is 3.95. The van der Waals surface area contributed by atoms with Crippen molar-refractivity contribution in [1.82, 2.24) is 0 Å². The van der Waals surface area contributed by atoms with Crippen molar-refractivity contribution in [2.24, 2.45) is 0 Å². The maximum absolute atomic E-state index is 12.9. The molecule has 0 aliphatic heterocycles. The predicted octanol–water partition coefficient (Wildman–Crippen LogP) is 2.65. The Labute approximate surface area is 134 Å². The van der Waals surface area contributed by atoms with Gasteiger partial charge in [-0.15, -0.1) is 0 Å². The van der Waals surface area contributed by atoms with Gasteiger partial charge in [0.05, 0.1) is 24.3 Å². The molecule has 3 rings (SSSR count). The molecule has 4 nitrogen and oxygen atoms in total. The van der Waals surface area contributed by atoms with Gasteiger partial charge in [-0.25, -0.2) is 0 Å². The Hall–Kier alpha value is -2.56. The number of hydrogen-bond donors (Lipinski definition) is 0. The zero-order chi connectivity index (χ0) is 16.4. The van der Waals surface area contributed by atoms with Gasteiger partial charge in [0.25, 0.3) is 0 Å². The molecule has 1 aromatic heterocycles. The summed E-state index contributed by atoms with van der Waals surface area (Å²) in [7, 11) is 2.35. The molecule has 3 aromatic rings. The first-order valence-corrected chi connectivity index (χ1v) is 7.68. The summed E-state index contributed by atoms with van der Waals surface area (Å²) in [6, 6.07) is 11.0. The van der Waals surface area contributed by atoms with Gasteiger partial charge in [0.2, 0.25) is 5.43 Å². The maximum Gasteiger partial charge on any atom is 0.310 e. The maximum atomic E-state index is 12.9. The second kappa shape index (κ2) is 6.28. The molecule has 0 fully saturated rings. The number of carbonyl (C=O) groups is 1. The quantitative estimate of drug-likeness (QED) is 0.422. The predicted molar refractivity (Wildman–Crippen MR) is 92.4 cm³/mol. The van der Waals surface area contributed by atoms with Crippen LogP contribution in [-0.4, -0.2) is 20.4 Å². The van der Waals surface area contributed by atoms with Crippen LogP contribution < -0.4 is 5.43 Å². The lowest BCUT2D eigenvalue weighted by Crippen LogP contribution is -2.10. The lowest BCUT2D eigenvalue weighted by atomic mass is 9.75. The Kier molecular flexibility index (Phi) is 4.19. The van der Waals surface area contributed by atoms with Gasteiger partial charge in [-0.3, -0.25) is 9.59 Å². The number of ether oxygens (including phenoxy) is 1. The van der Waals surface area contributed by atoms with Crippen LogP contribution in [0.15, 0.2) is 45.6 Å². The van der Waals surface area contributed by atoms with E-state index in [0.717, 1.165) is 19.2 Å². The average molecular weight is 308 g/mol. The summed E-state index contributed by atoms with van der Waals surface area (Å²) >= 11 is 0. The topological polar surface area (TPSA) is 56.5 Å². The van der Waals surface area contributed by atoms with Gasteiger partial charge >= 0.3 is 5.97 Å². The Morgan fingerprint density at radius 1 is 1.22 bits per heavy atom. The number of methoxy groups -OCH3 is 1. The van der Waals surface area contributed by atoms with Gasteiger partial charge in [0, 0.05) is 0 Å². The van der Waals surface area contributed by atoms with E-state index in [0.29, 0.717) is 27.5 Å². The summed E-state index contributed by atoms with van der Waals surface area (Å²) in [5.74, 6) is -0.378. The van der Waals surface area contributed by atoms with Crippen LogP contribution in [0.25, 0.3) is 21.9 Å². The van der Waals surface area contributed by atoms with E-state index in [1.165, 1.54) is 7.11 Å². The Morgan fingerprint density at radius 2 is 2.04 bits per heavy atom. The molecule has 0 atom stereocenters. The average Bonchev–Trinajstić information content (AvgIpc) is 2.56. The first kappa shape index (κ1) is 15.3. The van der Waals surface area contributed by atoms with Crippen LogP contribution >= 0.6 is 0 Å². The molecule has 0 radical (unpaired) electrons. The monoisotopic (exact) mass is 308 g/mol. The normalized spacial score (nSPS) is 10.9. The van der Waals surface area contributed by atoms with Crippen molar-refractivity contribution in [3.05, 3.63) is 57.7 Å². The Bertz CT molecular complexity index is 943. The van der Waals surface area contributed by atoms with Gasteiger partial charge in [-0.2, -0.15) is 0 Å². The van der Waals surface area contributed by atoms with Crippen molar-refractivity contribution < 1.29 is 13.9 Å². The van der Waals surface area contributed by atoms with E-state index in [9.17, 15) is 9.59 Å². The lowest BCUT2D eigenvalue weighted by molar-refractivity contribution is -0.139. The molecule has 116 valence electrons.